The third-order valence-electron chi connectivity index (χ3n) is 5.82. The molecule has 1 aromatic rings. The zero-order valence-corrected chi connectivity index (χ0v) is 13.1. The van der Waals surface area contributed by atoms with Crippen molar-refractivity contribution < 1.29 is 9.59 Å². The Bertz CT molecular complexity index is 723. The smallest absolute Gasteiger partial charge is 0.238 e. The monoisotopic (exact) mass is 333 g/mol. The predicted molar refractivity (Wildman–Crippen MR) is 83.7 cm³/mol. The Hall–Kier alpha value is -1.32. The van der Waals surface area contributed by atoms with Crippen LogP contribution in [0.5, 0.6) is 0 Å². The van der Waals surface area contributed by atoms with Crippen molar-refractivity contribution in [2.75, 3.05) is 4.90 Å². The minimum Gasteiger partial charge on any atom is -0.274 e. The Morgan fingerprint density at radius 1 is 0.909 bits per heavy atom. The molecule has 5 aliphatic rings. The number of halogens is 2. The summed E-state index contributed by atoms with van der Waals surface area (Å²) in [7, 11) is 0. The summed E-state index contributed by atoms with van der Waals surface area (Å²) in [6.07, 6.45) is 5.51. The van der Waals surface area contributed by atoms with Gasteiger partial charge in [-0.05, 0) is 48.3 Å². The van der Waals surface area contributed by atoms with E-state index in [1.54, 1.807) is 18.2 Å². The summed E-state index contributed by atoms with van der Waals surface area (Å²) >= 11 is 12.0. The topological polar surface area (TPSA) is 37.4 Å². The molecule has 0 unspecified atom stereocenters. The standard InChI is InChI=1S/C17H13Cl2NO2/c18-12-4-1-7(5-13(12)19)20-16(21)14-8-2-3-9(11-6-10(8)11)15(14)17(20)22/h1-5,8-11,14-15H,6H2/t8-,9+,10+,11-,14-,15+. The fraction of sp³-hybridized carbons (Fsp3) is 0.412. The molecule has 2 amide bonds. The molecule has 22 heavy (non-hydrogen) atoms. The van der Waals surface area contributed by atoms with Crippen LogP contribution in [0.2, 0.25) is 10.0 Å². The van der Waals surface area contributed by atoms with Crippen molar-refractivity contribution in [3.05, 3.63) is 40.4 Å². The van der Waals surface area contributed by atoms with Gasteiger partial charge in [-0.2, -0.15) is 0 Å². The number of carbonyl (C=O) groups is 2. The quantitative estimate of drug-likeness (QED) is 0.582. The SMILES string of the molecule is O=C1[C@@H]2[C@@H]3C=C[C@@H]([C@H]4C[C@@H]34)[C@@H]2C(=O)N1c1ccc(Cl)c(Cl)c1. The van der Waals surface area contributed by atoms with Crippen LogP contribution in [0.25, 0.3) is 0 Å². The third kappa shape index (κ3) is 1.49. The highest BCUT2D eigenvalue weighted by molar-refractivity contribution is 6.42. The molecule has 6 atom stereocenters. The van der Waals surface area contributed by atoms with Crippen molar-refractivity contribution in [3.63, 3.8) is 0 Å². The number of allylic oxidation sites excluding steroid dienone is 2. The number of carbonyl (C=O) groups excluding carboxylic acids is 2. The van der Waals surface area contributed by atoms with Crippen LogP contribution in [0, 0.1) is 35.5 Å². The molecule has 3 fully saturated rings. The van der Waals surface area contributed by atoms with E-state index in [1.807, 2.05) is 0 Å². The lowest BCUT2D eigenvalue weighted by molar-refractivity contribution is -0.124. The van der Waals surface area contributed by atoms with E-state index in [9.17, 15) is 9.59 Å². The minimum atomic E-state index is -0.180. The van der Waals surface area contributed by atoms with Gasteiger partial charge in [0.1, 0.15) is 0 Å². The highest BCUT2D eigenvalue weighted by Crippen LogP contribution is 2.65. The van der Waals surface area contributed by atoms with Crippen molar-refractivity contribution >= 4 is 40.7 Å². The van der Waals surface area contributed by atoms with Gasteiger partial charge in [-0.15, -0.1) is 0 Å². The van der Waals surface area contributed by atoms with Crippen molar-refractivity contribution in [2.45, 2.75) is 6.42 Å². The maximum Gasteiger partial charge on any atom is 0.238 e. The average molecular weight is 334 g/mol. The summed E-state index contributed by atoms with van der Waals surface area (Å²) in [4.78, 5) is 27.1. The number of hydrogen-bond donors (Lipinski definition) is 0. The number of nitrogens with zero attached hydrogens (tertiary/aromatic N) is 1. The van der Waals surface area contributed by atoms with E-state index < -0.39 is 0 Å². The van der Waals surface area contributed by atoms with E-state index in [0.29, 0.717) is 27.6 Å². The minimum absolute atomic E-state index is 0.0712. The summed E-state index contributed by atoms with van der Waals surface area (Å²) < 4.78 is 0. The highest BCUT2D eigenvalue weighted by atomic mass is 35.5. The Kier molecular flexibility index (Phi) is 2.48. The fourth-order valence-electron chi connectivity index (χ4n) is 4.84. The molecule has 6 rings (SSSR count). The molecular weight excluding hydrogens is 321 g/mol. The van der Waals surface area contributed by atoms with Gasteiger partial charge in [-0.3, -0.25) is 9.59 Å². The maximum absolute atomic E-state index is 12.9. The number of rotatable bonds is 1. The number of amides is 2. The van der Waals surface area contributed by atoms with Crippen LogP contribution in [-0.4, -0.2) is 11.8 Å². The van der Waals surface area contributed by atoms with Gasteiger partial charge < -0.3 is 0 Å². The van der Waals surface area contributed by atoms with Crippen LogP contribution in [0.15, 0.2) is 30.4 Å². The lowest BCUT2D eigenvalue weighted by atomic mass is 9.63. The maximum atomic E-state index is 12.9. The first-order chi connectivity index (χ1) is 10.6. The fourth-order valence-corrected chi connectivity index (χ4v) is 5.13. The van der Waals surface area contributed by atoms with Gasteiger partial charge >= 0.3 is 0 Å². The second-order valence-corrected chi connectivity index (χ2v) is 7.58. The lowest BCUT2D eigenvalue weighted by Gasteiger charge is -2.37. The van der Waals surface area contributed by atoms with E-state index in [1.165, 1.54) is 11.3 Å². The summed E-state index contributed by atoms with van der Waals surface area (Å²) in [5.74, 6) is 1.20. The van der Waals surface area contributed by atoms with E-state index >= 15 is 0 Å². The number of anilines is 1. The molecule has 0 spiro atoms. The first-order valence-electron chi connectivity index (χ1n) is 7.59. The van der Waals surface area contributed by atoms with E-state index in [0.717, 1.165) is 0 Å². The summed E-state index contributed by atoms with van der Waals surface area (Å²) in [5.41, 5.74) is 0.534. The molecule has 1 aliphatic heterocycles. The van der Waals surface area contributed by atoms with E-state index in [4.69, 9.17) is 23.2 Å². The predicted octanol–water partition coefficient (Wildman–Crippen LogP) is 3.55. The first-order valence-corrected chi connectivity index (χ1v) is 8.34. The molecule has 1 aromatic carbocycles. The van der Waals surface area contributed by atoms with Gasteiger partial charge in [-0.1, -0.05) is 35.4 Å². The number of benzene rings is 1. The molecular formula is C17H13Cl2NO2. The molecule has 5 heteroatoms. The van der Waals surface area contributed by atoms with Gasteiger partial charge in [0.25, 0.3) is 0 Å². The van der Waals surface area contributed by atoms with Gasteiger partial charge in [0.2, 0.25) is 11.8 Å². The van der Waals surface area contributed by atoms with Gasteiger partial charge in [0, 0.05) is 0 Å². The Morgan fingerprint density at radius 2 is 1.50 bits per heavy atom. The van der Waals surface area contributed by atoms with Crippen molar-refractivity contribution in [3.8, 4) is 0 Å². The van der Waals surface area contributed by atoms with Crippen LogP contribution in [0.4, 0.5) is 5.69 Å². The largest absolute Gasteiger partial charge is 0.274 e. The second-order valence-electron chi connectivity index (χ2n) is 6.76. The van der Waals surface area contributed by atoms with Gasteiger partial charge in [0.05, 0.1) is 27.6 Å². The third-order valence-corrected chi connectivity index (χ3v) is 6.56. The zero-order chi connectivity index (χ0) is 15.2. The van der Waals surface area contributed by atoms with Crippen LogP contribution in [-0.2, 0) is 9.59 Å². The molecule has 112 valence electrons. The van der Waals surface area contributed by atoms with Crippen molar-refractivity contribution in [1.29, 1.82) is 0 Å². The summed E-state index contributed by atoms with van der Waals surface area (Å²) in [6, 6.07) is 4.93. The molecule has 1 heterocycles. The van der Waals surface area contributed by atoms with Gasteiger partial charge in [0.15, 0.2) is 0 Å². The van der Waals surface area contributed by atoms with Crippen LogP contribution >= 0.6 is 23.2 Å². The average Bonchev–Trinajstić information content (AvgIpc) is 3.28. The Balaban J connectivity index is 1.58. The summed E-state index contributed by atoms with van der Waals surface area (Å²) in [6.45, 7) is 0. The van der Waals surface area contributed by atoms with Crippen molar-refractivity contribution in [2.24, 2.45) is 35.5 Å². The molecule has 3 nitrogen and oxygen atoms in total. The highest BCUT2D eigenvalue weighted by Gasteiger charge is 2.67. The normalized spacial score (nSPS) is 40.9. The van der Waals surface area contributed by atoms with Crippen LogP contribution in [0.3, 0.4) is 0 Å². The van der Waals surface area contributed by atoms with E-state index in [-0.39, 0.29) is 35.5 Å². The van der Waals surface area contributed by atoms with E-state index in [2.05, 4.69) is 12.2 Å². The molecule has 1 saturated heterocycles. The zero-order valence-electron chi connectivity index (χ0n) is 11.6. The molecule has 2 saturated carbocycles. The summed E-state index contributed by atoms with van der Waals surface area (Å²) in [5, 5.41) is 0.781. The second kappa shape index (κ2) is 4.15. The number of hydrogen-bond acceptors (Lipinski definition) is 2. The van der Waals surface area contributed by atoms with Gasteiger partial charge in [-0.25, -0.2) is 4.90 Å². The Morgan fingerprint density at radius 3 is 2.05 bits per heavy atom. The van der Waals surface area contributed by atoms with Crippen molar-refractivity contribution in [1.82, 2.24) is 0 Å². The lowest BCUT2D eigenvalue weighted by Crippen LogP contribution is -2.40. The first kappa shape index (κ1) is 13.1. The molecule has 0 aromatic heterocycles. The molecule has 0 radical (unpaired) electrons. The number of imide groups is 1. The molecule has 2 bridgehead atoms. The van der Waals surface area contributed by atoms with Crippen LogP contribution < -0.4 is 4.90 Å². The van der Waals surface area contributed by atoms with Crippen LogP contribution in [0.1, 0.15) is 6.42 Å². The molecule has 0 N–H and O–H groups in total. The molecule has 4 aliphatic carbocycles. The Labute approximate surface area is 137 Å².